The predicted molar refractivity (Wildman–Crippen MR) is 231 cm³/mol. The molecule has 0 saturated heterocycles. The standard InChI is InChI=1S/2C17H22N2.C15H18N2/c1-12(2)13-7-6-8-14(9-13)15-10-19-16(11-18-15)17(3,4)5;1-12(2)13-7-6-8-14(9-13)15-10-18-16(19-11-15)17(3,4)5;1-4-14-9-17-15(10-16-14)13-7-5-6-12(8-13)11(2)3/h2*6-12H,1-5H3;5-11H,4H2,1-3H3. The average molecular weight is 735 g/mol. The summed E-state index contributed by atoms with van der Waals surface area (Å²) in [5.74, 6) is 2.49. The fourth-order valence-electron chi connectivity index (χ4n) is 5.61. The highest BCUT2D eigenvalue weighted by molar-refractivity contribution is 5.63. The van der Waals surface area contributed by atoms with Gasteiger partial charge in [-0.25, -0.2) is 9.97 Å². The van der Waals surface area contributed by atoms with E-state index in [9.17, 15) is 0 Å². The highest BCUT2D eigenvalue weighted by Gasteiger charge is 2.17. The fourth-order valence-corrected chi connectivity index (χ4v) is 5.61. The molecule has 55 heavy (non-hydrogen) atoms. The Labute approximate surface area is 331 Å². The van der Waals surface area contributed by atoms with E-state index in [0.29, 0.717) is 17.8 Å². The van der Waals surface area contributed by atoms with Gasteiger partial charge in [-0.05, 0) is 58.6 Å². The molecule has 0 spiro atoms. The molecule has 0 fully saturated rings. The van der Waals surface area contributed by atoms with Crippen molar-refractivity contribution in [2.24, 2.45) is 0 Å². The van der Waals surface area contributed by atoms with Crippen molar-refractivity contribution in [3.63, 3.8) is 0 Å². The molecule has 0 saturated carbocycles. The first kappa shape index (κ1) is 42.6. The van der Waals surface area contributed by atoms with Gasteiger partial charge in [0.25, 0.3) is 0 Å². The maximum absolute atomic E-state index is 4.55. The van der Waals surface area contributed by atoms with Crippen molar-refractivity contribution in [2.45, 2.75) is 125 Å². The third-order valence-electron chi connectivity index (χ3n) is 9.40. The number of rotatable bonds is 7. The highest BCUT2D eigenvalue weighted by atomic mass is 14.9. The Morgan fingerprint density at radius 3 is 1.24 bits per heavy atom. The van der Waals surface area contributed by atoms with Crippen LogP contribution < -0.4 is 0 Å². The minimum absolute atomic E-state index is 0.00168. The first-order chi connectivity index (χ1) is 26.0. The molecule has 0 aliphatic heterocycles. The first-order valence-corrected chi connectivity index (χ1v) is 19.7. The van der Waals surface area contributed by atoms with Gasteiger partial charge in [0.15, 0.2) is 0 Å². The zero-order valence-corrected chi connectivity index (χ0v) is 35.5. The second-order valence-corrected chi connectivity index (χ2v) is 17.2. The maximum Gasteiger partial charge on any atom is 0.133 e. The van der Waals surface area contributed by atoms with Crippen LogP contribution in [0.2, 0.25) is 0 Å². The van der Waals surface area contributed by atoms with Gasteiger partial charge in [0.05, 0.1) is 35.2 Å². The molecule has 6 heteroatoms. The molecule has 0 amide bonds. The number of aryl methyl sites for hydroxylation is 1. The molecular weight excluding hydrogens is 673 g/mol. The molecular formula is C49H62N6. The predicted octanol–water partition coefficient (Wildman–Crippen LogP) is 13.0. The lowest BCUT2D eigenvalue weighted by atomic mass is 9.92. The smallest absolute Gasteiger partial charge is 0.133 e. The number of nitrogens with zero attached hydrogens (tertiary/aromatic N) is 6. The lowest BCUT2D eigenvalue weighted by Gasteiger charge is -2.17. The van der Waals surface area contributed by atoms with Crippen LogP contribution in [0.3, 0.4) is 0 Å². The second kappa shape index (κ2) is 19.0. The molecule has 0 N–H and O–H groups in total. The van der Waals surface area contributed by atoms with Crippen molar-refractivity contribution >= 4 is 0 Å². The van der Waals surface area contributed by atoms with Crippen LogP contribution in [0.4, 0.5) is 0 Å². The van der Waals surface area contributed by atoms with Crippen LogP contribution in [0.5, 0.6) is 0 Å². The fraction of sp³-hybridized carbons (Fsp3) is 0.388. The van der Waals surface area contributed by atoms with Gasteiger partial charge in [-0.2, -0.15) is 0 Å². The number of hydrogen-bond donors (Lipinski definition) is 0. The van der Waals surface area contributed by atoms with E-state index in [1.807, 2.05) is 37.2 Å². The first-order valence-electron chi connectivity index (χ1n) is 19.7. The molecule has 3 aromatic heterocycles. The van der Waals surface area contributed by atoms with Crippen molar-refractivity contribution in [3.05, 3.63) is 144 Å². The van der Waals surface area contributed by atoms with Crippen LogP contribution in [0.25, 0.3) is 33.6 Å². The van der Waals surface area contributed by atoms with Gasteiger partial charge < -0.3 is 0 Å². The van der Waals surface area contributed by atoms with E-state index in [1.54, 1.807) is 0 Å². The van der Waals surface area contributed by atoms with E-state index in [0.717, 1.165) is 51.7 Å². The quantitative estimate of drug-likeness (QED) is 0.162. The van der Waals surface area contributed by atoms with Gasteiger partial charge in [0, 0.05) is 52.3 Å². The Morgan fingerprint density at radius 2 is 0.873 bits per heavy atom. The Kier molecular flexibility index (Phi) is 14.7. The second-order valence-electron chi connectivity index (χ2n) is 17.2. The Hall–Kier alpha value is -5.10. The third-order valence-corrected chi connectivity index (χ3v) is 9.40. The Morgan fingerprint density at radius 1 is 0.436 bits per heavy atom. The third kappa shape index (κ3) is 12.5. The molecule has 3 heterocycles. The molecule has 288 valence electrons. The molecule has 0 bridgehead atoms. The topological polar surface area (TPSA) is 77.3 Å². The van der Waals surface area contributed by atoms with E-state index < -0.39 is 0 Å². The maximum atomic E-state index is 4.55. The van der Waals surface area contributed by atoms with Crippen molar-refractivity contribution in [3.8, 4) is 33.6 Å². The average Bonchev–Trinajstić information content (AvgIpc) is 3.18. The van der Waals surface area contributed by atoms with E-state index >= 15 is 0 Å². The summed E-state index contributed by atoms with van der Waals surface area (Å²) in [6.45, 7) is 28.1. The van der Waals surface area contributed by atoms with Gasteiger partial charge in [0.2, 0.25) is 0 Å². The molecule has 6 rings (SSSR count). The van der Waals surface area contributed by atoms with Crippen LogP contribution in [0, 0.1) is 0 Å². The molecule has 0 aliphatic rings. The van der Waals surface area contributed by atoms with Gasteiger partial charge in [-0.3, -0.25) is 19.9 Å². The van der Waals surface area contributed by atoms with Crippen molar-refractivity contribution < 1.29 is 0 Å². The number of hydrogen-bond acceptors (Lipinski definition) is 6. The SMILES string of the molecule is CC(C)c1cccc(-c2cnc(C(C)(C)C)cn2)c1.CC(C)c1cccc(-c2cnc(C(C)(C)C)nc2)c1.CCc1cnc(-c2cccc(C(C)C)c2)cn1. The van der Waals surface area contributed by atoms with Gasteiger partial charge in [0.1, 0.15) is 5.82 Å². The molecule has 0 atom stereocenters. The summed E-state index contributed by atoms with van der Waals surface area (Å²) >= 11 is 0. The minimum Gasteiger partial charge on any atom is -0.257 e. The summed E-state index contributed by atoms with van der Waals surface area (Å²) < 4.78 is 0. The van der Waals surface area contributed by atoms with Gasteiger partial charge in [-0.1, -0.05) is 151 Å². The molecule has 0 radical (unpaired) electrons. The normalized spacial score (nSPS) is 11.6. The van der Waals surface area contributed by atoms with Crippen molar-refractivity contribution in [1.82, 2.24) is 29.9 Å². The summed E-state index contributed by atoms with van der Waals surface area (Å²) in [5, 5.41) is 0. The van der Waals surface area contributed by atoms with Crippen LogP contribution >= 0.6 is 0 Å². The zero-order chi connectivity index (χ0) is 40.3. The Balaban J connectivity index is 0.000000184. The molecule has 3 aromatic carbocycles. The Bertz CT molecular complexity index is 1960. The summed E-state index contributed by atoms with van der Waals surface area (Å²) in [5.41, 5.74) is 12.6. The largest absolute Gasteiger partial charge is 0.257 e. The van der Waals surface area contributed by atoms with Crippen LogP contribution in [0.15, 0.2) is 110 Å². The van der Waals surface area contributed by atoms with Crippen LogP contribution in [0.1, 0.15) is 142 Å². The summed E-state index contributed by atoms with van der Waals surface area (Å²) in [6, 6.07) is 25.7. The van der Waals surface area contributed by atoms with Gasteiger partial charge >= 0.3 is 0 Å². The molecule has 0 aliphatic carbocycles. The van der Waals surface area contributed by atoms with Crippen molar-refractivity contribution in [1.29, 1.82) is 0 Å². The van der Waals surface area contributed by atoms with E-state index in [2.05, 4.69) is 193 Å². The lowest BCUT2D eigenvalue weighted by Crippen LogP contribution is -2.15. The van der Waals surface area contributed by atoms with Crippen LogP contribution in [-0.4, -0.2) is 29.9 Å². The summed E-state index contributed by atoms with van der Waals surface area (Å²) in [4.78, 5) is 26.9. The van der Waals surface area contributed by atoms with E-state index in [-0.39, 0.29) is 10.8 Å². The summed E-state index contributed by atoms with van der Waals surface area (Å²) in [7, 11) is 0. The number of aromatic nitrogens is 6. The monoisotopic (exact) mass is 735 g/mol. The minimum atomic E-state index is -0.00168. The number of benzene rings is 3. The lowest BCUT2D eigenvalue weighted by molar-refractivity contribution is 0.545. The summed E-state index contributed by atoms with van der Waals surface area (Å²) in [6.07, 6.45) is 12.3. The van der Waals surface area contributed by atoms with Crippen LogP contribution in [-0.2, 0) is 17.3 Å². The molecule has 6 aromatic rings. The van der Waals surface area contributed by atoms with E-state index in [1.165, 1.54) is 22.3 Å². The molecule has 6 nitrogen and oxygen atoms in total. The molecule has 0 unspecified atom stereocenters. The van der Waals surface area contributed by atoms with Crippen molar-refractivity contribution in [2.75, 3.05) is 0 Å². The zero-order valence-electron chi connectivity index (χ0n) is 35.5. The van der Waals surface area contributed by atoms with E-state index in [4.69, 9.17) is 0 Å². The van der Waals surface area contributed by atoms with Gasteiger partial charge in [-0.15, -0.1) is 0 Å². The highest BCUT2D eigenvalue weighted by Crippen LogP contribution is 2.27.